The van der Waals surface area contributed by atoms with Crippen LogP contribution in [0.1, 0.15) is 62.1 Å². The summed E-state index contributed by atoms with van der Waals surface area (Å²) in [5, 5.41) is 0. The van der Waals surface area contributed by atoms with Gasteiger partial charge in [-0.25, -0.2) is 28.8 Å². The lowest BCUT2D eigenvalue weighted by atomic mass is 9.84. The molecular formula is C24H8O9. The van der Waals surface area contributed by atoms with E-state index in [0.29, 0.717) is 0 Å². The molecule has 0 saturated carbocycles. The maximum Gasteiger partial charge on any atom is 0.347 e. The number of benzene rings is 3. The van der Waals surface area contributed by atoms with Crippen LogP contribution in [0, 0.1) is 0 Å². The Hall–Kier alpha value is -4.92. The first-order valence-corrected chi connectivity index (χ1v) is 9.60. The average Bonchev–Trinajstić information content (AvgIpc) is 3.38. The summed E-state index contributed by atoms with van der Waals surface area (Å²) in [5.41, 5.74) is 0.469. The number of carbonyl (C=O) groups is 6. The van der Waals surface area contributed by atoms with Crippen LogP contribution in [0.4, 0.5) is 0 Å². The molecule has 0 aliphatic carbocycles. The molecule has 3 aliphatic heterocycles. The maximum absolute atomic E-state index is 12.7. The van der Waals surface area contributed by atoms with Crippen LogP contribution in [0.25, 0.3) is 22.3 Å². The van der Waals surface area contributed by atoms with Crippen molar-refractivity contribution in [2.75, 3.05) is 0 Å². The van der Waals surface area contributed by atoms with Gasteiger partial charge >= 0.3 is 35.8 Å². The van der Waals surface area contributed by atoms with Crippen molar-refractivity contribution >= 4 is 35.8 Å². The minimum atomic E-state index is -0.951. The second kappa shape index (κ2) is 6.30. The van der Waals surface area contributed by atoms with Crippen LogP contribution in [0.5, 0.6) is 0 Å². The highest BCUT2D eigenvalue weighted by Crippen LogP contribution is 2.44. The van der Waals surface area contributed by atoms with Crippen molar-refractivity contribution in [1.82, 2.24) is 0 Å². The fraction of sp³-hybridized carbons (Fsp3) is 0. The standard InChI is InChI=1S/C24H8O9/c25-19-12-5-1-3-9(16(12)22(28)31-19)10-7-8-14-18(24(30)33-21(14)27)15(10)11-4-2-6-13-17(11)23(29)32-20(13)26/h1-8H. The zero-order valence-electron chi connectivity index (χ0n) is 16.3. The third kappa shape index (κ3) is 2.41. The third-order valence-corrected chi connectivity index (χ3v) is 5.72. The Bertz CT molecular complexity index is 1540. The molecule has 33 heavy (non-hydrogen) atoms. The second-order valence-corrected chi connectivity index (χ2v) is 7.40. The molecular weight excluding hydrogens is 432 g/mol. The molecule has 0 spiro atoms. The number of ether oxygens (including phenoxy) is 3. The van der Waals surface area contributed by atoms with Crippen LogP contribution >= 0.6 is 0 Å². The minimum absolute atomic E-state index is 0.00776. The van der Waals surface area contributed by atoms with Gasteiger partial charge in [0.25, 0.3) is 0 Å². The number of fused-ring (bicyclic) bond motifs is 3. The van der Waals surface area contributed by atoms with Gasteiger partial charge in [-0.15, -0.1) is 0 Å². The summed E-state index contributed by atoms with van der Waals surface area (Å²) in [7, 11) is 0. The summed E-state index contributed by atoms with van der Waals surface area (Å²) >= 11 is 0. The molecule has 3 aromatic rings. The topological polar surface area (TPSA) is 130 Å². The summed E-state index contributed by atoms with van der Waals surface area (Å²) < 4.78 is 14.2. The Morgan fingerprint density at radius 3 is 1.27 bits per heavy atom. The Kier molecular flexibility index (Phi) is 3.59. The van der Waals surface area contributed by atoms with E-state index >= 15 is 0 Å². The summed E-state index contributed by atoms with van der Waals surface area (Å²) in [6.45, 7) is 0. The van der Waals surface area contributed by atoms with E-state index in [2.05, 4.69) is 0 Å². The van der Waals surface area contributed by atoms with Crippen molar-refractivity contribution in [1.29, 1.82) is 0 Å². The van der Waals surface area contributed by atoms with Gasteiger partial charge < -0.3 is 14.2 Å². The molecule has 9 nitrogen and oxygen atoms in total. The average molecular weight is 440 g/mol. The van der Waals surface area contributed by atoms with Crippen molar-refractivity contribution in [3.8, 4) is 22.3 Å². The lowest BCUT2D eigenvalue weighted by Gasteiger charge is -2.16. The summed E-state index contributed by atoms with van der Waals surface area (Å²) in [6.07, 6.45) is 0. The van der Waals surface area contributed by atoms with E-state index in [0.717, 1.165) is 0 Å². The van der Waals surface area contributed by atoms with Gasteiger partial charge in [-0.2, -0.15) is 0 Å². The maximum atomic E-state index is 12.7. The van der Waals surface area contributed by atoms with E-state index in [1.807, 2.05) is 0 Å². The summed E-state index contributed by atoms with van der Waals surface area (Å²) in [6, 6.07) is 11.7. The fourth-order valence-electron chi connectivity index (χ4n) is 4.38. The monoisotopic (exact) mass is 440 g/mol. The molecule has 158 valence electrons. The Morgan fingerprint density at radius 1 is 0.333 bits per heavy atom. The van der Waals surface area contributed by atoms with E-state index in [9.17, 15) is 28.8 Å². The van der Waals surface area contributed by atoms with Gasteiger partial charge in [-0.05, 0) is 34.9 Å². The van der Waals surface area contributed by atoms with Crippen LogP contribution in [-0.2, 0) is 14.2 Å². The van der Waals surface area contributed by atoms with Crippen LogP contribution in [0.15, 0.2) is 48.5 Å². The Balaban J connectivity index is 1.75. The molecule has 3 heterocycles. The first-order valence-electron chi connectivity index (χ1n) is 9.60. The molecule has 0 bridgehead atoms. The van der Waals surface area contributed by atoms with Gasteiger partial charge in [-0.1, -0.05) is 30.3 Å². The molecule has 0 amide bonds. The molecule has 0 unspecified atom stereocenters. The number of hydrogen-bond donors (Lipinski definition) is 0. The SMILES string of the molecule is O=C1OC(=O)c2c1cccc2-c1ccc2c(c1-c1cccc3c1C(=O)OC3=O)C(=O)OC2=O. The van der Waals surface area contributed by atoms with E-state index in [4.69, 9.17) is 14.2 Å². The highest BCUT2D eigenvalue weighted by Gasteiger charge is 2.40. The van der Waals surface area contributed by atoms with Crippen molar-refractivity contribution in [3.05, 3.63) is 81.9 Å². The molecule has 9 heteroatoms. The Labute approximate surface area is 183 Å². The summed E-state index contributed by atoms with van der Waals surface area (Å²) in [4.78, 5) is 74.0. The number of hydrogen-bond acceptors (Lipinski definition) is 9. The van der Waals surface area contributed by atoms with Crippen LogP contribution in [0.2, 0.25) is 0 Å². The van der Waals surface area contributed by atoms with Gasteiger partial charge in [0.1, 0.15) is 0 Å². The van der Waals surface area contributed by atoms with Crippen LogP contribution in [-0.4, -0.2) is 35.8 Å². The normalized spacial score (nSPS) is 15.8. The zero-order chi connectivity index (χ0) is 23.0. The number of rotatable bonds is 2. The molecule has 6 rings (SSSR count). The van der Waals surface area contributed by atoms with Crippen molar-refractivity contribution in [2.45, 2.75) is 0 Å². The molecule has 0 N–H and O–H groups in total. The fourth-order valence-corrected chi connectivity index (χ4v) is 4.38. The molecule has 3 aromatic carbocycles. The number of carbonyl (C=O) groups excluding carboxylic acids is 6. The van der Waals surface area contributed by atoms with E-state index in [1.54, 1.807) is 6.07 Å². The predicted molar refractivity (Wildman–Crippen MR) is 107 cm³/mol. The molecule has 0 aromatic heterocycles. The predicted octanol–water partition coefficient (Wildman–Crippen LogP) is 2.95. The molecule has 0 radical (unpaired) electrons. The molecule has 0 fully saturated rings. The first kappa shape index (κ1) is 18.8. The molecule has 0 saturated heterocycles. The number of esters is 6. The van der Waals surface area contributed by atoms with Gasteiger partial charge in [-0.3, -0.25) is 0 Å². The summed E-state index contributed by atoms with van der Waals surface area (Å²) in [5.74, 6) is -5.28. The Morgan fingerprint density at radius 2 is 0.697 bits per heavy atom. The molecule has 0 atom stereocenters. The lowest BCUT2D eigenvalue weighted by Crippen LogP contribution is -2.05. The van der Waals surface area contributed by atoms with Gasteiger partial charge in [0, 0.05) is 5.56 Å². The smallest absolute Gasteiger partial charge is 0.347 e. The highest BCUT2D eigenvalue weighted by atomic mass is 16.6. The lowest BCUT2D eigenvalue weighted by molar-refractivity contribution is 0.0425. The quantitative estimate of drug-likeness (QED) is 0.335. The minimum Gasteiger partial charge on any atom is -0.386 e. The first-order chi connectivity index (χ1) is 15.9. The van der Waals surface area contributed by atoms with Gasteiger partial charge in [0.05, 0.1) is 33.4 Å². The van der Waals surface area contributed by atoms with Crippen LogP contribution in [0.3, 0.4) is 0 Å². The number of cyclic esters (lactones) is 6. The van der Waals surface area contributed by atoms with E-state index in [1.165, 1.54) is 42.5 Å². The van der Waals surface area contributed by atoms with Gasteiger partial charge in [0.15, 0.2) is 0 Å². The highest BCUT2D eigenvalue weighted by molar-refractivity contribution is 6.24. The van der Waals surface area contributed by atoms with Crippen molar-refractivity contribution < 1.29 is 43.0 Å². The van der Waals surface area contributed by atoms with E-state index < -0.39 is 35.8 Å². The van der Waals surface area contributed by atoms with E-state index in [-0.39, 0.29) is 55.6 Å². The largest absolute Gasteiger partial charge is 0.386 e. The van der Waals surface area contributed by atoms with Crippen LogP contribution < -0.4 is 0 Å². The van der Waals surface area contributed by atoms with Gasteiger partial charge in [0.2, 0.25) is 0 Å². The second-order valence-electron chi connectivity index (χ2n) is 7.40. The van der Waals surface area contributed by atoms with Crippen molar-refractivity contribution in [2.24, 2.45) is 0 Å². The van der Waals surface area contributed by atoms with Crippen molar-refractivity contribution in [3.63, 3.8) is 0 Å². The zero-order valence-corrected chi connectivity index (χ0v) is 16.3. The molecule has 3 aliphatic rings. The third-order valence-electron chi connectivity index (χ3n) is 5.72.